The molecule has 0 fully saturated rings. The van der Waals surface area contributed by atoms with Gasteiger partial charge in [-0.1, -0.05) is 98.8 Å². The molecule has 5 aromatic carbocycles. The van der Waals surface area contributed by atoms with Gasteiger partial charge < -0.3 is 0 Å². The van der Waals surface area contributed by atoms with Gasteiger partial charge in [-0.05, 0) is 82.6 Å². The normalized spacial score (nSPS) is 13.6. The minimum absolute atomic E-state index is 0.267. The Kier molecular flexibility index (Phi) is 7.79. The van der Waals surface area contributed by atoms with Gasteiger partial charge in [0, 0.05) is 35.6 Å². The Bertz CT molecular complexity index is 1490. The number of hydrogen-bond acceptors (Lipinski definition) is 2. The van der Waals surface area contributed by atoms with Crippen LogP contribution < -0.4 is 0 Å². The average molecular weight is 497 g/mol. The maximum Gasteiger partial charge on any atom is 0.0469 e. The maximum atomic E-state index is 4.93. The van der Waals surface area contributed by atoms with Crippen LogP contribution in [0.4, 0.5) is 0 Å². The molecule has 2 nitrogen and oxygen atoms in total. The minimum Gasteiger partial charge on any atom is -0.290 e. The molecule has 5 rings (SSSR count). The number of benzene rings is 5. The highest BCUT2D eigenvalue weighted by Gasteiger charge is 2.15. The second kappa shape index (κ2) is 11.6. The van der Waals surface area contributed by atoms with E-state index in [0.717, 1.165) is 24.0 Å². The van der Waals surface area contributed by atoms with E-state index in [2.05, 4.69) is 137 Å². The molecule has 5 aromatic rings. The lowest BCUT2D eigenvalue weighted by atomic mass is 9.88. The maximum absolute atomic E-state index is 4.93. The van der Waals surface area contributed by atoms with Crippen molar-refractivity contribution < 1.29 is 0 Å². The Hall–Kier alpha value is -4.04. The fourth-order valence-electron chi connectivity index (χ4n) is 4.86. The molecule has 0 saturated carbocycles. The molecule has 2 heteroatoms. The first-order chi connectivity index (χ1) is 18.6. The minimum atomic E-state index is 0.267. The number of aliphatic imine (C=N–C) groups is 2. The monoisotopic (exact) mass is 496 g/mol. The molecule has 190 valence electrons. The van der Waals surface area contributed by atoms with Gasteiger partial charge in [-0.2, -0.15) is 0 Å². The van der Waals surface area contributed by atoms with Crippen molar-refractivity contribution in [1.82, 2.24) is 0 Å². The van der Waals surface area contributed by atoms with Gasteiger partial charge in [0.05, 0.1) is 0 Å². The first-order valence-corrected chi connectivity index (χ1v) is 13.8. The van der Waals surface area contributed by atoms with Crippen LogP contribution in [-0.2, 0) is 0 Å². The zero-order chi connectivity index (χ0) is 26.5. The number of rotatable bonds is 8. The van der Waals surface area contributed by atoms with Crippen LogP contribution in [0.15, 0.2) is 107 Å². The first kappa shape index (κ1) is 25.6. The highest BCUT2D eigenvalue weighted by atomic mass is 14.8. The standard InChI is InChI=1S/C36H36N2/c1-5-25(3)37-23-29-21-36(34-20-12-16-28-14-8-10-18-32(28)34)30(24-38-26(4)6-2)22-35(29)33-19-11-15-27-13-7-9-17-31(27)33/h7-26H,5-6H2,1-4H3/t25-,26-/m1/s1. The number of nitrogens with zero attached hydrogens (tertiary/aromatic N) is 2. The smallest absolute Gasteiger partial charge is 0.0469 e. The van der Waals surface area contributed by atoms with E-state index in [4.69, 9.17) is 9.98 Å². The lowest BCUT2D eigenvalue weighted by molar-refractivity contribution is 0.720. The van der Waals surface area contributed by atoms with Crippen LogP contribution in [0.5, 0.6) is 0 Å². The molecule has 0 heterocycles. The lowest BCUT2D eigenvalue weighted by Gasteiger charge is -2.17. The summed E-state index contributed by atoms with van der Waals surface area (Å²) < 4.78 is 0. The molecule has 0 saturated heterocycles. The van der Waals surface area contributed by atoms with Crippen molar-refractivity contribution in [2.45, 2.75) is 52.6 Å². The summed E-state index contributed by atoms with van der Waals surface area (Å²) in [7, 11) is 0. The largest absolute Gasteiger partial charge is 0.290 e. The van der Waals surface area contributed by atoms with Gasteiger partial charge in [0.25, 0.3) is 0 Å². The SMILES string of the molecule is CC[C@@H](C)N=Cc1cc(-c2cccc3ccccc23)c(C=N[C@H](C)CC)cc1-c1cccc2ccccc12. The van der Waals surface area contributed by atoms with Gasteiger partial charge in [-0.3, -0.25) is 9.98 Å². The van der Waals surface area contributed by atoms with Crippen LogP contribution in [0.2, 0.25) is 0 Å². The third-order valence-electron chi connectivity index (χ3n) is 7.50. The molecule has 38 heavy (non-hydrogen) atoms. The fraction of sp³-hybridized carbons (Fsp3) is 0.222. The van der Waals surface area contributed by atoms with Gasteiger partial charge in [0.1, 0.15) is 0 Å². The van der Waals surface area contributed by atoms with Crippen LogP contribution in [0.1, 0.15) is 51.7 Å². The van der Waals surface area contributed by atoms with Gasteiger partial charge in [0.2, 0.25) is 0 Å². The van der Waals surface area contributed by atoms with Crippen LogP contribution in [0.3, 0.4) is 0 Å². The topological polar surface area (TPSA) is 24.7 Å². The fourth-order valence-corrected chi connectivity index (χ4v) is 4.86. The van der Waals surface area contributed by atoms with E-state index in [-0.39, 0.29) is 12.1 Å². The summed E-state index contributed by atoms with van der Waals surface area (Å²) in [5.74, 6) is 0. The van der Waals surface area contributed by atoms with Crippen LogP contribution in [-0.4, -0.2) is 24.5 Å². The predicted molar refractivity (Wildman–Crippen MR) is 167 cm³/mol. The van der Waals surface area contributed by atoms with E-state index in [1.807, 2.05) is 0 Å². The van der Waals surface area contributed by atoms with Crippen molar-refractivity contribution >= 4 is 34.0 Å². The Morgan fingerprint density at radius 3 is 1.34 bits per heavy atom. The second-order valence-electron chi connectivity index (χ2n) is 10.2. The van der Waals surface area contributed by atoms with E-state index < -0.39 is 0 Å². The average Bonchev–Trinajstić information content (AvgIpc) is 2.97. The second-order valence-corrected chi connectivity index (χ2v) is 10.2. The number of hydrogen-bond donors (Lipinski definition) is 0. The molecule has 0 aliphatic heterocycles. The highest BCUT2D eigenvalue weighted by Crippen LogP contribution is 2.37. The van der Waals surface area contributed by atoms with Gasteiger partial charge in [-0.15, -0.1) is 0 Å². The Labute approximate surface area is 226 Å². The van der Waals surface area contributed by atoms with E-state index >= 15 is 0 Å². The third kappa shape index (κ3) is 5.31. The molecule has 0 amide bonds. The Morgan fingerprint density at radius 1 is 0.526 bits per heavy atom. The molecular formula is C36H36N2. The van der Waals surface area contributed by atoms with E-state index in [0.29, 0.717) is 0 Å². The summed E-state index contributed by atoms with van der Waals surface area (Å²) in [4.78, 5) is 9.87. The molecule has 2 atom stereocenters. The molecular weight excluding hydrogens is 460 g/mol. The third-order valence-corrected chi connectivity index (χ3v) is 7.50. The van der Waals surface area contributed by atoms with Crippen molar-refractivity contribution in [2.75, 3.05) is 0 Å². The summed E-state index contributed by atoms with van der Waals surface area (Å²) in [5, 5.41) is 4.97. The highest BCUT2D eigenvalue weighted by molar-refractivity contribution is 6.07. The molecule has 0 radical (unpaired) electrons. The van der Waals surface area contributed by atoms with Crippen LogP contribution >= 0.6 is 0 Å². The predicted octanol–water partition coefficient (Wildman–Crippen LogP) is 9.76. The zero-order valence-electron chi connectivity index (χ0n) is 22.9. The summed E-state index contributed by atoms with van der Waals surface area (Å²) in [6, 6.07) is 35.5. The van der Waals surface area contributed by atoms with Crippen LogP contribution in [0, 0.1) is 0 Å². The van der Waals surface area contributed by atoms with Crippen molar-refractivity contribution in [3.8, 4) is 22.3 Å². The van der Waals surface area contributed by atoms with E-state index in [1.165, 1.54) is 43.8 Å². The van der Waals surface area contributed by atoms with Crippen molar-refractivity contribution in [3.05, 3.63) is 108 Å². The first-order valence-electron chi connectivity index (χ1n) is 13.8. The molecule has 0 bridgehead atoms. The summed E-state index contributed by atoms with van der Waals surface area (Å²) in [5.41, 5.74) is 7.06. The molecule has 0 spiro atoms. The van der Waals surface area contributed by atoms with Crippen molar-refractivity contribution in [2.24, 2.45) is 9.98 Å². The lowest BCUT2D eigenvalue weighted by Crippen LogP contribution is -2.01. The Balaban J connectivity index is 1.83. The quantitative estimate of drug-likeness (QED) is 0.191. The summed E-state index contributed by atoms with van der Waals surface area (Å²) in [6.45, 7) is 8.72. The van der Waals surface area contributed by atoms with E-state index in [1.54, 1.807) is 0 Å². The summed E-state index contributed by atoms with van der Waals surface area (Å²) in [6.07, 6.45) is 6.18. The van der Waals surface area contributed by atoms with E-state index in [9.17, 15) is 0 Å². The zero-order valence-corrected chi connectivity index (χ0v) is 22.9. The Morgan fingerprint density at radius 2 is 0.921 bits per heavy atom. The van der Waals surface area contributed by atoms with Gasteiger partial charge in [-0.25, -0.2) is 0 Å². The summed E-state index contributed by atoms with van der Waals surface area (Å²) >= 11 is 0. The van der Waals surface area contributed by atoms with Gasteiger partial charge >= 0.3 is 0 Å². The molecule has 0 N–H and O–H groups in total. The van der Waals surface area contributed by atoms with Gasteiger partial charge in [0.15, 0.2) is 0 Å². The molecule has 0 aliphatic rings. The van der Waals surface area contributed by atoms with Crippen molar-refractivity contribution in [3.63, 3.8) is 0 Å². The molecule has 0 aliphatic carbocycles. The molecule has 0 aromatic heterocycles. The number of fused-ring (bicyclic) bond motifs is 2. The molecule has 0 unspecified atom stereocenters. The van der Waals surface area contributed by atoms with Crippen LogP contribution in [0.25, 0.3) is 43.8 Å². The van der Waals surface area contributed by atoms with Crippen molar-refractivity contribution in [1.29, 1.82) is 0 Å².